The molecule has 1 amide bonds. The van der Waals surface area contributed by atoms with Gasteiger partial charge in [-0.25, -0.2) is 12.7 Å². The molecule has 7 heteroatoms. The first-order chi connectivity index (χ1) is 8.71. The number of thiocarbonyl (C=S) groups is 1. The van der Waals surface area contributed by atoms with Crippen molar-refractivity contribution in [3.63, 3.8) is 0 Å². The van der Waals surface area contributed by atoms with Gasteiger partial charge in [-0.1, -0.05) is 42.5 Å². The van der Waals surface area contributed by atoms with Crippen LogP contribution in [0.25, 0.3) is 0 Å². The van der Waals surface area contributed by atoms with E-state index in [1.54, 1.807) is 30.3 Å². The largest absolute Gasteiger partial charge is 0.391 e. The van der Waals surface area contributed by atoms with Crippen LogP contribution in [0.15, 0.2) is 30.3 Å². The monoisotopic (exact) mass is 298 g/mol. The summed E-state index contributed by atoms with van der Waals surface area (Å²) in [6, 6.07) is 7.74. The number of sulfonamides is 1. The van der Waals surface area contributed by atoms with Crippen molar-refractivity contribution in [3.05, 3.63) is 35.9 Å². The fourth-order valence-electron chi connectivity index (χ4n) is 2.00. The van der Waals surface area contributed by atoms with Crippen molar-refractivity contribution in [2.75, 3.05) is 0 Å². The molecule has 19 heavy (non-hydrogen) atoms. The van der Waals surface area contributed by atoms with E-state index in [9.17, 15) is 13.2 Å². The molecular formula is C12H14N2O3S2. The first-order valence-corrected chi connectivity index (χ1v) is 7.49. The van der Waals surface area contributed by atoms with Crippen molar-refractivity contribution in [2.24, 2.45) is 5.73 Å². The van der Waals surface area contributed by atoms with Crippen molar-refractivity contribution in [1.82, 2.24) is 4.31 Å². The third-order valence-corrected chi connectivity index (χ3v) is 5.82. The molecule has 1 saturated heterocycles. The van der Waals surface area contributed by atoms with Gasteiger partial charge in [0.15, 0.2) is 4.75 Å². The molecule has 1 aromatic rings. The number of nitrogens with zero attached hydrogens (tertiary/aromatic N) is 1. The highest BCUT2D eigenvalue weighted by Crippen LogP contribution is 2.41. The van der Waals surface area contributed by atoms with Gasteiger partial charge in [-0.2, -0.15) is 0 Å². The molecule has 0 aromatic heterocycles. The molecule has 0 bridgehead atoms. The van der Waals surface area contributed by atoms with Gasteiger partial charge in [-0.3, -0.25) is 4.79 Å². The Hall–Kier alpha value is -1.47. The van der Waals surface area contributed by atoms with Crippen LogP contribution in [0.3, 0.4) is 0 Å². The smallest absolute Gasteiger partial charge is 0.259 e. The Labute approximate surface area is 117 Å². The van der Waals surface area contributed by atoms with Crippen molar-refractivity contribution in [1.29, 1.82) is 0 Å². The van der Waals surface area contributed by atoms with Crippen LogP contribution in [0, 0.1) is 0 Å². The van der Waals surface area contributed by atoms with Crippen LogP contribution < -0.4 is 5.73 Å². The predicted octanol–water partition coefficient (Wildman–Crippen LogP) is 0.964. The number of amides is 1. The maximum Gasteiger partial charge on any atom is 0.259 e. The molecule has 1 fully saturated rings. The minimum atomic E-state index is -3.73. The lowest BCUT2D eigenvalue weighted by Crippen LogP contribution is -2.69. The zero-order valence-electron chi connectivity index (χ0n) is 10.5. The van der Waals surface area contributed by atoms with E-state index < -0.39 is 26.7 Å². The van der Waals surface area contributed by atoms with Crippen molar-refractivity contribution >= 4 is 33.1 Å². The fourth-order valence-corrected chi connectivity index (χ4v) is 3.94. The SMILES string of the molecule is CC1(C)C(=O)N(C(C(N)=S)c2ccccc2)S1(=O)=O. The summed E-state index contributed by atoms with van der Waals surface area (Å²) >= 11 is 4.93. The third-order valence-electron chi connectivity index (χ3n) is 3.24. The number of carbonyl (C=O) groups is 1. The summed E-state index contributed by atoms with van der Waals surface area (Å²) in [6.45, 7) is 2.76. The molecule has 102 valence electrons. The summed E-state index contributed by atoms with van der Waals surface area (Å²) in [5, 5.41) is 0. The van der Waals surface area contributed by atoms with Gasteiger partial charge in [-0.15, -0.1) is 0 Å². The summed E-state index contributed by atoms with van der Waals surface area (Å²) in [4.78, 5) is 12.0. The molecule has 2 rings (SSSR count). The van der Waals surface area contributed by atoms with E-state index in [1.807, 2.05) is 0 Å². The summed E-state index contributed by atoms with van der Waals surface area (Å²) in [6.07, 6.45) is 0. The molecule has 1 unspecified atom stereocenters. The second-order valence-corrected chi connectivity index (χ2v) is 7.67. The predicted molar refractivity (Wildman–Crippen MR) is 75.8 cm³/mol. The van der Waals surface area contributed by atoms with Gasteiger partial charge in [0, 0.05) is 0 Å². The molecule has 1 aliphatic rings. The topological polar surface area (TPSA) is 80.5 Å². The number of benzene rings is 1. The highest BCUT2D eigenvalue weighted by Gasteiger charge is 2.62. The van der Waals surface area contributed by atoms with Gasteiger partial charge in [0.05, 0.1) is 0 Å². The molecule has 5 nitrogen and oxygen atoms in total. The van der Waals surface area contributed by atoms with E-state index in [4.69, 9.17) is 18.0 Å². The first-order valence-electron chi connectivity index (χ1n) is 5.64. The third kappa shape index (κ3) is 1.84. The van der Waals surface area contributed by atoms with E-state index in [-0.39, 0.29) is 4.99 Å². The Balaban J connectivity index is 2.50. The number of hydrogen-bond donors (Lipinski definition) is 1. The van der Waals surface area contributed by atoms with Crippen LogP contribution in [-0.2, 0) is 14.8 Å². The average Bonchev–Trinajstić information content (AvgIpc) is 2.35. The molecular weight excluding hydrogens is 284 g/mol. The minimum absolute atomic E-state index is 0.0429. The van der Waals surface area contributed by atoms with Crippen molar-refractivity contribution < 1.29 is 13.2 Å². The average molecular weight is 298 g/mol. The first kappa shape index (κ1) is 14.0. The number of rotatable bonds is 3. The molecule has 1 aromatic carbocycles. The highest BCUT2D eigenvalue weighted by molar-refractivity contribution is 7.94. The van der Waals surface area contributed by atoms with Crippen molar-refractivity contribution in [3.8, 4) is 0 Å². The Kier molecular flexibility index (Phi) is 3.14. The lowest BCUT2D eigenvalue weighted by Gasteiger charge is -2.46. The summed E-state index contributed by atoms with van der Waals surface area (Å²) < 4.78 is 23.8. The molecule has 0 aliphatic carbocycles. The second kappa shape index (κ2) is 4.28. The molecule has 1 aliphatic heterocycles. The zero-order chi connectivity index (χ0) is 14.4. The van der Waals surface area contributed by atoms with Crippen LogP contribution in [0.1, 0.15) is 25.5 Å². The highest BCUT2D eigenvalue weighted by atomic mass is 32.2. The van der Waals surface area contributed by atoms with Gasteiger partial charge in [0.2, 0.25) is 0 Å². The van der Waals surface area contributed by atoms with Gasteiger partial charge in [-0.05, 0) is 19.4 Å². The van der Waals surface area contributed by atoms with Crippen LogP contribution >= 0.6 is 12.2 Å². The number of carbonyl (C=O) groups excluding carboxylic acids is 1. The standard InChI is InChI=1S/C12H14N2O3S2/c1-12(2)11(15)14(19(12,16)17)9(10(13)18)8-6-4-3-5-7-8/h3-7,9H,1-2H3,(H2,13,18). The normalized spacial score (nSPS) is 21.6. The maximum atomic E-state index is 12.2. The molecule has 0 saturated carbocycles. The lowest BCUT2D eigenvalue weighted by molar-refractivity contribution is -0.133. The van der Waals surface area contributed by atoms with E-state index in [1.165, 1.54) is 13.8 Å². The number of hydrogen-bond acceptors (Lipinski definition) is 4. The van der Waals surface area contributed by atoms with Gasteiger partial charge in [0.25, 0.3) is 15.9 Å². The van der Waals surface area contributed by atoms with E-state index in [2.05, 4.69) is 0 Å². The maximum absolute atomic E-state index is 12.2. The summed E-state index contributed by atoms with van der Waals surface area (Å²) in [5.41, 5.74) is 6.21. The van der Waals surface area contributed by atoms with Gasteiger partial charge >= 0.3 is 0 Å². The van der Waals surface area contributed by atoms with Crippen molar-refractivity contribution in [2.45, 2.75) is 24.6 Å². The molecule has 0 radical (unpaired) electrons. The van der Waals surface area contributed by atoms with Crippen LogP contribution in [0.5, 0.6) is 0 Å². The van der Waals surface area contributed by atoms with E-state index in [0.717, 1.165) is 4.31 Å². The van der Waals surface area contributed by atoms with E-state index >= 15 is 0 Å². The van der Waals surface area contributed by atoms with Gasteiger partial charge in [0.1, 0.15) is 11.0 Å². The number of nitrogens with two attached hydrogens (primary N) is 1. The minimum Gasteiger partial charge on any atom is -0.391 e. The Bertz CT molecular complexity index is 638. The lowest BCUT2D eigenvalue weighted by atomic mass is 10.1. The van der Waals surface area contributed by atoms with E-state index in [0.29, 0.717) is 5.56 Å². The molecule has 2 N–H and O–H groups in total. The fraction of sp³-hybridized carbons (Fsp3) is 0.333. The second-order valence-electron chi connectivity index (χ2n) is 4.83. The van der Waals surface area contributed by atoms with Crippen LogP contribution in [0.4, 0.5) is 0 Å². The molecule has 1 atom stereocenters. The molecule has 0 spiro atoms. The Morgan fingerprint density at radius 2 is 1.84 bits per heavy atom. The zero-order valence-corrected chi connectivity index (χ0v) is 12.2. The Morgan fingerprint density at radius 1 is 1.32 bits per heavy atom. The van der Waals surface area contributed by atoms with Gasteiger partial charge < -0.3 is 5.73 Å². The summed E-state index contributed by atoms with van der Waals surface area (Å²) in [7, 11) is -3.73. The molecule has 1 heterocycles. The summed E-state index contributed by atoms with van der Waals surface area (Å²) in [5.74, 6) is -0.492. The Morgan fingerprint density at radius 3 is 2.26 bits per heavy atom. The van der Waals surface area contributed by atoms with Crippen LogP contribution in [0.2, 0.25) is 0 Å². The quantitative estimate of drug-likeness (QED) is 0.841. The van der Waals surface area contributed by atoms with Crippen LogP contribution in [-0.4, -0.2) is 28.4 Å².